The normalized spacial score (nSPS) is 16.0. The number of nitrogens with one attached hydrogen (secondary N) is 3. The van der Waals surface area contributed by atoms with E-state index in [1.54, 1.807) is 0 Å². The molecule has 3 N–H and O–H groups in total. The summed E-state index contributed by atoms with van der Waals surface area (Å²) in [6.07, 6.45) is 5.91. The van der Waals surface area contributed by atoms with E-state index in [-0.39, 0.29) is 6.03 Å². The van der Waals surface area contributed by atoms with Gasteiger partial charge in [-0.25, -0.2) is 9.78 Å². The molecule has 5 heteroatoms. The molecule has 1 heterocycles. The summed E-state index contributed by atoms with van der Waals surface area (Å²) in [5.74, 6) is 0.786. The molecule has 5 nitrogen and oxygen atoms in total. The van der Waals surface area contributed by atoms with Crippen molar-refractivity contribution >= 4 is 17.1 Å². The molecule has 1 fully saturated rings. The summed E-state index contributed by atoms with van der Waals surface area (Å²) in [5.41, 5.74) is 3.14. The first-order chi connectivity index (χ1) is 10.2. The van der Waals surface area contributed by atoms with Crippen molar-refractivity contribution in [1.29, 1.82) is 0 Å². The van der Waals surface area contributed by atoms with Crippen LogP contribution >= 0.6 is 0 Å². The largest absolute Gasteiger partial charge is 0.340 e. The van der Waals surface area contributed by atoms with Crippen LogP contribution in [0, 0.1) is 6.92 Å². The Morgan fingerprint density at radius 2 is 2.14 bits per heavy atom. The zero-order chi connectivity index (χ0) is 14.7. The molecule has 112 valence electrons. The number of fused-ring (bicyclic) bond motifs is 1. The lowest BCUT2D eigenvalue weighted by atomic mass is 9.96. The molecule has 1 aromatic carbocycles. The van der Waals surface area contributed by atoms with Crippen LogP contribution in [-0.2, 0) is 6.54 Å². The topological polar surface area (TPSA) is 69.8 Å². The predicted octanol–water partition coefficient (Wildman–Crippen LogP) is 3.00. The van der Waals surface area contributed by atoms with Gasteiger partial charge in [0.1, 0.15) is 5.82 Å². The summed E-state index contributed by atoms with van der Waals surface area (Å²) in [7, 11) is 0. The monoisotopic (exact) mass is 286 g/mol. The standard InChI is InChI=1S/C16H22N4O/c1-11-7-8-13-14(9-11)20-15(19-13)10-17-16(21)18-12-5-3-2-4-6-12/h7-9,12H,2-6,10H2,1H3,(H,19,20)(H2,17,18,21). The summed E-state index contributed by atoms with van der Waals surface area (Å²) >= 11 is 0. The van der Waals surface area contributed by atoms with Gasteiger partial charge in [0.05, 0.1) is 17.6 Å². The van der Waals surface area contributed by atoms with Gasteiger partial charge >= 0.3 is 6.03 Å². The number of aromatic amines is 1. The number of carbonyl (C=O) groups excluding carboxylic acids is 1. The quantitative estimate of drug-likeness (QED) is 0.811. The number of carbonyl (C=O) groups is 1. The predicted molar refractivity (Wildman–Crippen MR) is 83.1 cm³/mol. The van der Waals surface area contributed by atoms with Crippen LogP contribution in [0.1, 0.15) is 43.5 Å². The average molecular weight is 286 g/mol. The second kappa shape index (κ2) is 6.16. The van der Waals surface area contributed by atoms with Gasteiger partial charge in [0, 0.05) is 6.04 Å². The smallest absolute Gasteiger partial charge is 0.315 e. The van der Waals surface area contributed by atoms with Gasteiger partial charge in [-0.1, -0.05) is 25.3 Å². The molecule has 0 radical (unpaired) electrons. The lowest BCUT2D eigenvalue weighted by Gasteiger charge is -2.22. The van der Waals surface area contributed by atoms with Crippen molar-refractivity contribution in [3.05, 3.63) is 29.6 Å². The molecule has 0 bridgehead atoms. The third kappa shape index (κ3) is 3.54. The summed E-state index contributed by atoms with van der Waals surface area (Å²) in [6, 6.07) is 6.33. The van der Waals surface area contributed by atoms with E-state index in [9.17, 15) is 4.79 Å². The number of aryl methyl sites for hydroxylation is 1. The fourth-order valence-corrected chi connectivity index (χ4v) is 2.91. The molecule has 1 saturated carbocycles. The van der Waals surface area contributed by atoms with Crippen LogP contribution in [0.25, 0.3) is 11.0 Å². The highest BCUT2D eigenvalue weighted by Gasteiger charge is 2.15. The minimum atomic E-state index is -0.0986. The van der Waals surface area contributed by atoms with Crippen molar-refractivity contribution in [1.82, 2.24) is 20.6 Å². The zero-order valence-corrected chi connectivity index (χ0v) is 12.4. The van der Waals surface area contributed by atoms with E-state index in [2.05, 4.69) is 33.6 Å². The van der Waals surface area contributed by atoms with Crippen LogP contribution in [0.3, 0.4) is 0 Å². The van der Waals surface area contributed by atoms with E-state index >= 15 is 0 Å². The maximum Gasteiger partial charge on any atom is 0.315 e. The SMILES string of the molecule is Cc1ccc2nc(CNC(=O)NC3CCCCC3)[nH]c2c1. The van der Waals surface area contributed by atoms with Crippen molar-refractivity contribution in [2.24, 2.45) is 0 Å². The first kappa shape index (κ1) is 13.9. The van der Waals surface area contributed by atoms with Crippen molar-refractivity contribution in [3.63, 3.8) is 0 Å². The molecule has 1 aromatic heterocycles. The Morgan fingerprint density at radius 1 is 1.33 bits per heavy atom. The van der Waals surface area contributed by atoms with E-state index < -0.39 is 0 Å². The van der Waals surface area contributed by atoms with Crippen LogP contribution in [0.5, 0.6) is 0 Å². The molecule has 2 aromatic rings. The van der Waals surface area contributed by atoms with Crippen LogP contribution in [0.15, 0.2) is 18.2 Å². The maximum atomic E-state index is 11.9. The number of urea groups is 1. The summed E-state index contributed by atoms with van der Waals surface area (Å²) in [6.45, 7) is 2.47. The van der Waals surface area contributed by atoms with Gasteiger partial charge in [0.25, 0.3) is 0 Å². The Balaban J connectivity index is 1.54. The number of rotatable bonds is 3. The summed E-state index contributed by atoms with van der Waals surface area (Å²) in [4.78, 5) is 19.6. The fraction of sp³-hybridized carbons (Fsp3) is 0.500. The third-order valence-corrected chi connectivity index (χ3v) is 4.04. The molecule has 0 atom stereocenters. The third-order valence-electron chi connectivity index (χ3n) is 4.04. The Kier molecular flexibility index (Phi) is 4.08. The minimum absolute atomic E-state index is 0.0986. The van der Waals surface area contributed by atoms with Gasteiger partial charge in [-0.2, -0.15) is 0 Å². The number of imidazole rings is 1. The van der Waals surface area contributed by atoms with Crippen LogP contribution in [0.4, 0.5) is 4.79 Å². The molecular formula is C16H22N4O. The average Bonchev–Trinajstić information content (AvgIpc) is 2.88. The molecule has 0 aliphatic heterocycles. The summed E-state index contributed by atoms with van der Waals surface area (Å²) in [5, 5.41) is 5.92. The van der Waals surface area contributed by atoms with Crippen molar-refractivity contribution in [2.75, 3.05) is 0 Å². The Labute approximate surface area is 124 Å². The lowest BCUT2D eigenvalue weighted by Crippen LogP contribution is -2.42. The lowest BCUT2D eigenvalue weighted by molar-refractivity contribution is 0.232. The van der Waals surface area contributed by atoms with Crippen molar-refractivity contribution < 1.29 is 4.79 Å². The molecule has 0 saturated heterocycles. The second-order valence-corrected chi connectivity index (χ2v) is 5.87. The van der Waals surface area contributed by atoms with E-state index in [0.717, 1.165) is 29.7 Å². The highest BCUT2D eigenvalue weighted by molar-refractivity contribution is 5.76. The second-order valence-electron chi connectivity index (χ2n) is 5.87. The van der Waals surface area contributed by atoms with Gasteiger partial charge in [-0.15, -0.1) is 0 Å². The van der Waals surface area contributed by atoms with Crippen LogP contribution < -0.4 is 10.6 Å². The van der Waals surface area contributed by atoms with Crippen LogP contribution in [-0.4, -0.2) is 22.0 Å². The number of hydrogen-bond acceptors (Lipinski definition) is 2. The maximum absolute atomic E-state index is 11.9. The highest BCUT2D eigenvalue weighted by Crippen LogP contribution is 2.17. The molecule has 2 amide bonds. The molecule has 21 heavy (non-hydrogen) atoms. The zero-order valence-electron chi connectivity index (χ0n) is 12.4. The molecule has 1 aliphatic rings. The van der Waals surface area contributed by atoms with Gasteiger partial charge in [-0.05, 0) is 37.5 Å². The number of nitrogens with zero attached hydrogens (tertiary/aromatic N) is 1. The minimum Gasteiger partial charge on any atom is -0.340 e. The van der Waals surface area contributed by atoms with E-state index in [1.807, 2.05) is 12.1 Å². The number of H-pyrrole nitrogens is 1. The number of benzene rings is 1. The highest BCUT2D eigenvalue weighted by atomic mass is 16.2. The molecule has 1 aliphatic carbocycles. The summed E-state index contributed by atoms with van der Waals surface area (Å²) < 4.78 is 0. The van der Waals surface area contributed by atoms with Gasteiger partial charge in [0.15, 0.2) is 0 Å². The van der Waals surface area contributed by atoms with Gasteiger partial charge in [0.2, 0.25) is 0 Å². The first-order valence-corrected chi connectivity index (χ1v) is 7.70. The van der Waals surface area contributed by atoms with Gasteiger partial charge < -0.3 is 15.6 Å². The molecule has 0 unspecified atom stereocenters. The van der Waals surface area contributed by atoms with Crippen molar-refractivity contribution in [3.8, 4) is 0 Å². The fourth-order valence-electron chi connectivity index (χ4n) is 2.91. The van der Waals surface area contributed by atoms with E-state index in [4.69, 9.17) is 0 Å². The molecule has 0 spiro atoms. The number of amides is 2. The van der Waals surface area contributed by atoms with Crippen LogP contribution in [0.2, 0.25) is 0 Å². The Bertz CT molecular complexity index is 628. The Morgan fingerprint density at radius 3 is 2.95 bits per heavy atom. The molecule has 3 rings (SSSR count). The van der Waals surface area contributed by atoms with Crippen molar-refractivity contribution in [2.45, 2.75) is 51.6 Å². The number of aromatic nitrogens is 2. The number of hydrogen-bond donors (Lipinski definition) is 3. The first-order valence-electron chi connectivity index (χ1n) is 7.70. The molecular weight excluding hydrogens is 264 g/mol. The van der Waals surface area contributed by atoms with Gasteiger partial charge in [-0.3, -0.25) is 0 Å². The Hall–Kier alpha value is -2.04. The van der Waals surface area contributed by atoms with E-state index in [1.165, 1.54) is 24.8 Å². The van der Waals surface area contributed by atoms with E-state index in [0.29, 0.717) is 12.6 Å².